The Bertz CT molecular complexity index is 601. The van der Waals surface area contributed by atoms with Crippen molar-refractivity contribution in [2.24, 2.45) is 0 Å². The predicted octanol–water partition coefficient (Wildman–Crippen LogP) is 1.02. The molecule has 2 aliphatic heterocycles. The summed E-state index contributed by atoms with van der Waals surface area (Å²) in [6, 6.07) is 2.48. The lowest BCUT2D eigenvalue weighted by atomic mass is 10.1. The van der Waals surface area contributed by atoms with E-state index < -0.39 is 0 Å². The minimum Gasteiger partial charge on any atom is -0.364 e. The first-order valence-electron chi connectivity index (χ1n) is 7.79. The molecule has 0 unspecified atom stereocenters. The van der Waals surface area contributed by atoms with Gasteiger partial charge in [0.2, 0.25) is 5.13 Å². The highest BCUT2D eigenvalue weighted by molar-refractivity contribution is 7.18. The summed E-state index contributed by atoms with van der Waals surface area (Å²) in [4.78, 5) is 7.43. The first kappa shape index (κ1) is 14.1. The van der Waals surface area contributed by atoms with E-state index in [2.05, 4.69) is 37.0 Å². The molecule has 0 amide bonds. The summed E-state index contributed by atoms with van der Waals surface area (Å²) in [5.41, 5.74) is 0.761. The molecule has 0 aliphatic carbocycles. The van der Waals surface area contributed by atoms with E-state index in [1.807, 2.05) is 6.07 Å². The molecule has 0 N–H and O–H groups in total. The highest BCUT2D eigenvalue weighted by Crippen LogP contribution is 2.31. The van der Waals surface area contributed by atoms with E-state index >= 15 is 0 Å². The molecule has 0 radical (unpaired) electrons. The molecule has 0 aromatic carbocycles. The van der Waals surface area contributed by atoms with Crippen molar-refractivity contribution in [1.82, 2.24) is 25.2 Å². The summed E-state index contributed by atoms with van der Waals surface area (Å²) in [6.07, 6.45) is 1.56. The van der Waals surface area contributed by atoms with Gasteiger partial charge in [0.15, 0.2) is 5.01 Å². The zero-order chi connectivity index (χ0) is 14.9. The van der Waals surface area contributed by atoms with Crippen molar-refractivity contribution in [2.75, 3.05) is 50.7 Å². The SMILES string of the molecule is CCN1CCN(C2CN(c3nnc(-c4ccon4)s3)C2)CC1. The van der Waals surface area contributed by atoms with Gasteiger partial charge in [0, 0.05) is 51.4 Å². The third-order valence-corrected chi connectivity index (χ3v) is 5.58. The molecule has 2 fully saturated rings. The van der Waals surface area contributed by atoms with Crippen molar-refractivity contribution in [2.45, 2.75) is 13.0 Å². The van der Waals surface area contributed by atoms with Crippen molar-refractivity contribution >= 4 is 16.5 Å². The molecule has 0 bridgehead atoms. The summed E-state index contributed by atoms with van der Waals surface area (Å²) in [6.45, 7) is 10.3. The Balaban J connectivity index is 1.32. The van der Waals surface area contributed by atoms with E-state index in [1.165, 1.54) is 32.7 Å². The zero-order valence-electron chi connectivity index (χ0n) is 12.7. The number of rotatable bonds is 4. The van der Waals surface area contributed by atoms with Crippen LogP contribution in [0.2, 0.25) is 0 Å². The molecular formula is C14H20N6OS. The van der Waals surface area contributed by atoms with Crippen LogP contribution in [-0.2, 0) is 0 Å². The summed E-state index contributed by atoms with van der Waals surface area (Å²) in [5.74, 6) is 0. The molecule has 2 aromatic heterocycles. The highest BCUT2D eigenvalue weighted by Gasteiger charge is 2.35. The number of anilines is 1. The van der Waals surface area contributed by atoms with Crippen molar-refractivity contribution in [1.29, 1.82) is 0 Å². The average Bonchev–Trinajstić information content (AvgIpc) is 3.17. The Hall–Kier alpha value is -1.51. The Morgan fingerprint density at radius 3 is 2.73 bits per heavy atom. The molecule has 7 nitrogen and oxygen atoms in total. The third kappa shape index (κ3) is 2.62. The summed E-state index contributed by atoms with van der Waals surface area (Å²) >= 11 is 1.58. The maximum absolute atomic E-state index is 4.86. The molecule has 4 rings (SSSR count). The normalized spacial score (nSPS) is 21.2. The Morgan fingerprint density at radius 1 is 1.23 bits per heavy atom. The second-order valence-electron chi connectivity index (χ2n) is 5.80. The fourth-order valence-corrected chi connectivity index (χ4v) is 3.88. The molecule has 2 aromatic rings. The molecule has 0 atom stereocenters. The summed E-state index contributed by atoms with van der Waals surface area (Å²) < 4.78 is 4.86. The van der Waals surface area contributed by atoms with Gasteiger partial charge in [0.05, 0.1) is 0 Å². The fraction of sp³-hybridized carbons (Fsp3) is 0.643. The molecule has 2 aliphatic rings. The van der Waals surface area contributed by atoms with Crippen LogP contribution in [0, 0.1) is 0 Å². The van der Waals surface area contributed by atoms with E-state index in [1.54, 1.807) is 17.6 Å². The van der Waals surface area contributed by atoms with Crippen LogP contribution < -0.4 is 4.90 Å². The van der Waals surface area contributed by atoms with Crippen LogP contribution in [0.4, 0.5) is 5.13 Å². The minimum absolute atomic E-state index is 0.665. The summed E-state index contributed by atoms with van der Waals surface area (Å²) in [5, 5.41) is 14.2. The van der Waals surface area contributed by atoms with Crippen LogP contribution >= 0.6 is 11.3 Å². The lowest BCUT2D eigenvalue weighted by molar-refractivity contribution is 0.0861. The number of aromatic nitrogens is 3. The Morgan fingerprint density at radius 2 is 2.05 bits per heavy atom. The van der Waals surface area contributed by atoms with E-state index in [0.717, 1.165) is 28.9 Å². The lowest BCUT2D eigenvalue weighted by Gasteiger charge is -2.47. The van der Waals surface area contributed by atoms with Gasteiger partial charge in [-0.2, -0.15) is 0 Å². The molecular weight excluding hydrogens is 300 g/mol. The van der Waals surface area contributed by atoms with Crippen LogP contribution in [0.15, 0.2) is 16.9 Å². The Kier molecular flexibility index (Phi) is 3.81. The number of nitrogens with zero attached hydrogens (tertiary/aromatic N) is 6. The second-order valence-corrected chi connectivity index (χ2v) is 6.76. The van der Waals surface area contributed by atoms with Gasteiger partial charge in [0.1, 0.15) is 12.0 Å². The largest absolute Gasteiger partial charge is 0.364 e. The van der Waals surface area contributed by atoms with E-state index in [9.17, 15) is 0 Å². The predicted molar refractivity (Wildman–Crippen MR) is 85.1 cm³/mol. The fourth-order valence-electron chi connectivity index (χ4n) is 3.06. The van der Waals surface area contributed by atoms with Gasteiger partial charge in [-0.15, -0.1) is 10.2 Å². The first-order valence-corrected chi connectivity index (χ1v) is 8.60. The molecule has 4 heterocycles. The summed E-state index contributed by atoms with van der Waals surface area (Å²) in [7, 11) is 0. The lowest BCUT2D eigenvalue weighted by Crippen LogP contribution is -2.63. The monoisotopic (exact) mass is 320 g/mol. The molecule has 8 heteroatoms. The molecule has 118 valence electrons. The first-order chi connectivity index (χ1) is 10.8. The van der Waals surface area contributed by atoms with Gasteiger partial charge < -0.3 is 14.3 Å². The van der Waals surface area contributed by atoms with E-state index in [4.69, 9.17) is 4.52 Å². The van der Waals surface area contributed by atoms with Gasteiger partial charge in [-0.1, -0.05) is 23.4 Å². The van der Waals surface area contributed by atoms with E-state index in [-0.39, 0.29) is 0 Å². The highest BCUT2D eigenvalue weighted by atomic mass is 32.1. The quantitative estimate of drug-likeness (QED) is 0.833. The minimum atomic E-state index is 0.665. The Labute approximate surface area is 133 Å². The maximum Gasteiger partial charge on any atom is 0.208 e. The van der Waals surface area contributed by atoms with Crippen molar-refractivity contribution in [3.63, 3.8) is 0 Å². The van der Waals surface area contributed by atoms with Gasteiger partial charge in [-0.05, 0) is 6.54 Å². The number of hydrogen-bond donors (Lipinski definition) is 0. The molecule has 0 spiro atoms. The van der Waals surface area contributed by atoms with Crippen LogP contribution in [0.25, 0.3) is 10.7 Å². The van der Waals surface area contributed by atoms with Crippen molar-refractivity contribution < 1.29 is 4.52 Å². The van der Waals surface area contributed by atoms with Crippen LogP contribution in [0.1, 0.15) is 6.92 Å². The van der Waals surface area contributed by atoms with E-state index in [0.29, 0.717) is 6.04 Å². The topological polar surface area (TPSA) is 61.5 Å². The average molecular weight is 320 g/mol. The number of likely N-dealkylation sites (N-methyl/N-ethyl adjacent to an activating group) is 1. The second kappa shape index (κ2) is 5.94. The third-order valence-electron chi connectivity index (χ3n) is 4.57. The van der Waals surface area contributed by atoms with Crippen LogP contribution in [-0.4, -0.2) is 77.0 Å². The number of piperazine rings is 1. The van der Waals surface area contributed by atoms with Gasteiger partial charge in [-0.3, -0.25) is 4.90 Å². The van der Waals surface area contributed by atoms with Crippen molar-refractivity contribution in [3.8, 4) is 10.7 Å². The van der Waals surface area contributed by atoms with Crippen molar-refractivity contribution in [3.05, 3.63) is 12.3 Å². The van der Waals surface area contributed by atoms with Crippen LogP contribution in [0.5, 0.6) is 0 Å². The molecule has 0 saturated carbocycles. The standard InChI is InChI=1S/C14H20N6OS/c1-2-18-4-6-19(7-5-18)11-9-20(10-11)14-16-15-13(22-14)12-3-8-21-17-12/h3,8,11H,2,4-7,9-10H2,1H3. The maximum atomic E-state index is 4.86. The zero-order valence-corrected chi connectivity index (χ0v) is 13.5. The molecule has 22 heavy (non-hydrogen) atoms. The number of hydrogen-bond acceptors (Lipinski definition) is 8. The molecule has 2 saturated heterocycles. The smallest absolute Gasteiger partial charge is 0.208 e. The van der Waals surface area contributed by atoms with Gasteiger partial charge in [0.25, 0.3) is 0 Å². The van der Waals surface area contributed by atoms with Gasteiger partial charge in [-0.25, -0.2) is 0 Å². The van der Waals surface area contributed by atoms with Crippen LogP contribution in [0.3, 0.4) is 0 Å². The van der Waals surface area contributed by atoms with Gasteiger partial charge >= 0.3 is 0 Å².